The van der Waals surface area contributed by atoms with E-state index in [1.54, 1.807) is 36.5 Å². The molecule has 1 aromatic heterocycles. The highest BCUT2D eigenvalue weighted by molar-refractivity contribution is 7.89. The first-order valence-corrected chi connectivity index (χ1v) is 13.8. The first kappa shape index (κ1) is 24.6. The third-order valence-electron chi connectivity index (χ3n) is 4.95. The van der Waals surface area contributed by atoms with Crippen molar-refractivity contribution in [2.45, 2.75) is 22.6 Å². The highest BCUT2D eigenvalue weighted by Crippen LogP contribution is 2.20. The minimum Gasteiger partial charge on any atom is -0.369 e. The summed E-state index contributed by atoms with van der Waals surface area (Å²) in [5.74, 6) is 6.72. The Morgan fingerprint density at radius 3 is 2.71 bits per heavy atom. The molecule has 0 amide bonds. The van der Waals surface area contributed by atoms with E-state index in [4.69, 9.17) is 0 Å². The zero-order valence-corrected chi connectivity index (χ0v) is 20.3. The van der Waals surface area contributed by atoms with Gasteiger partial charge in [-0.05, 0) is 36.8 Å². The van der Waals surface area contributed by atoms with Crippen molar-refractivity contribution in [3.05, 3.63) is 66.4 Å². The van der Waals surface area contributed by atoms with Crippen LogP contribution in [-0.4, -0.2) is 46.4 Å². The Kier molecular flexibility index (Phi) is 7.62. The molecule has 0 saturated heterocycles. The van der Waals surface area contributed by atoms with Crippen LogP contribution in [-0.2, 0) is 20.0 Å². The number of benzene rings is 2. The lowest BCUT2D eigenvalue weighted by Crippen LogP contribution is -2.26. The molecule has 4 N–H and O–H groups in total. The smallest absolute Gasteiger partial charge is 0.240 e. The van der Waals surface area contributed by atoms with E-state index in [2.05, 4.69) is 41.9 Å². The fourth-order valence-corrected chi connectivity index (χ4v) is 5.38. The van der Waals surface area contributed by atoms with E-state index >= 15 is 0 Å². The molecule has 2 aromatic carbocycles. The number of nitrogens with zero attached hydrogens (tertiary/aromatic N) is 2. The quantitative estimate of drug-likeness (QED) is 0.307. The SMILES string of the molecule is O=S(=O)(NCCC#Cc1cnc2nc1NCCCNS(=O)(=O)c1cccc(c1)N2)c1ccccc1. The Hall–Kier alpha value is -3.50. The highest BCUT2D eigenvalue weighted by Gasteiger charge is 2.15. The van der Waals surface area contributed by atoms with Gasteiger partial charge in [-0.15, -0.1) is 0 Å². The summed E-state index contributed by atoms with van der Waals surface area (Å²) in [7, 11) is -7.20. The topological polar surface area (TPSA) is 142 Å². The van der Waals surface area contributed by atoms with E-state index in [9.17, 15) is 16.8 Å². The van der Waals surface area contributed by atoms with Crippen molar-refractivity contribution >= 4 is 37.5 Å². The van der Waals surface area contributed by atoms with Crippen LogP contribution in [0, 0.1) is 11.8 Å². The molecule has 1 aliphatic rings. The Bertz CT molecular complexity index is 1470. The summed E-state index contributed by atoms with van der Waals surface area (Å²) in [5, 5.41) is 6.19. The van der Waals surface area contributed by atoms with Gasteiger partial charge < -0.3 is 10.6 Å². The van der Waals surface area contributed by atoms with Crippen molar-refractivity contribution in [3.63, 3.8) is 0 Å². The van der Waals surface area contributed by atoms with Crippen LogP contribution in [0.1, 0.15) is 18.4 Å². The van der Waals surface area contributed by atoms with Gasteiger partial charge in [-0.1, -0.05) is 36.1 Å². The summed E-state index contributed by atoms with van der Waals surface area (Å²) in [6.45, 7) is 0.875. The van der Waals surface area contributed by atoms with Gasteiger partial charge in [0.25, 0.3) is 0 Å². The lowest BCUT2D eigenvalue weighted by molar-refractivity contribution is 0.579. The molecule has 2 heterocycles. The number of hydrogen-bond acceptors (Lipinski definition) is 8. The van der Waals surface area contributed by atoms with E-state index < -0.39 is 20.0 Å². The second-order valence-corrected chi connectivity index (χ2v) is 11.1. The standard InChI is InChI=1S/C23H24N6O4S2/c30-34(31,20-10-2-1-3-11-20)26-14-5-4-8-18-17-25-23-28-19-9-6-12-21(16-19)35(32,33)27-15-7-13-24-22(18)29-23/h1-3,6,9-12,16-17,26-27H,5,7,13-15H2,(H2,24,25,28,29). The number of anilines is 3. The molecule has 0 unspecified atom stereocenters. The van der Waals surface area contributed by atoms with E-state index in [1.807, 2.05) is 0 Å². The van der Waals surface area contributed by atoms with Crippen molar-refractivity contribution in [1.29, 1.82) is 0 Å². The van der Waals surface area contributed by atoms with Gasteiger partial charge in [0.05, 0.1) is 21.6 Å². The zero-order chi connectivity index (χ0) is 24.7. The molecule has 0 saturated carbocycles. The average molecular weight is 513 g/mol. The Morgan fingerprint density at radius 1 is 1.06 bits per heavy atom. The van der Waals surface area contributed by atoms with E-state index in [0.717, 1.165) is 0 Å². The summed E-state index contributed by atoms with van der Waals surface area (Å²) < 4.78 is 54.6. The van der Waals surface area contributed by atoms with E-state index in [1.165, 1.54) is 24.3 Å². The van der Waals surface area contributed by atoms with Crippen LogP contribution in [0.15, 0.2) is 70.6 Å². The second-order valence-electron chi connectivity index (χ2n) is 7.55. The normalized spacial score (nSPS) is 15.1. The van der Waals surface area contributed by atoms with Crippen LogP contribution in [0.3, 0.4) is 0 Å². The molecule has 35 heavy (non-hydrogen) atoms. The summed E-state index contributed by atoms with van der Waals surface area (Å²) in [6.07, 6.45) is 2.39. The van der Waals surface area contributed by atoms with Crippen molar-refractivity contribution < 1.29 is 16.8 Å². The van der Waals surface area contributed by atoms with E-state index in [0.29, 0.717) is 36.5 Å². The number of aromatic nitrogens is 2. The van der Waals surface area contributed by atoms with Gasteiger partial charge in [-0.25, -0.2) is 31.3 Å². The largest absolute Gasteiger partial charge is 0.369 e. The predicted octanol–water partition coefficient (Wildman–Crippen LogP) is 2.03. The fraction of sp³-hybridized carbons (Fsp3) is 0.217. The van der Waals surface area contributed by atoms with Crippen LogP contribution in [0.25, 0.3) is 0 Å². The first-order chi connectivity index (χ1) is 16.8. The monoisotopic (exact) mass is 512 g/mol. The predicted molar refractivity (Wildman–Crippen MR) is 133 cm³/mol. The molecule has 0 fully saturated rings. The number of hydrogen-bond donors (Lipinski definition) is 4. The number of rotatable bonds is 4. The van der Waals surface area contributed by atoms with Crippen molar-refractivity contribution in [1.82, 2.24) is 19.4 Å². The van der Waals surface area contributed by atoms with Gasteiger partial charge in [0.15, 0.2) is 0 Å². The molecule has 4 bridgehead atoms. The minimum absolute atomic E-state index is 0.153. The molecule has 1 aliphatic heterocycles. The molecule has 4 rings (SSSR count). The zero-order valence-electron chi connectivity index (χ0n) is 18.7. The Morgan fingerprint density at radius 2 is 1.89 bits per heavy atom. The lowest BCUT2D eigenvalue weighted by atomic mass is 10.2. The highest BCUT2D eigenvalue weighted by atomic mass is 32.2. The van der Waals surface area contributed by atoms with Crippen LogP contribution in [0.5, 0.6) is 0 Å². The molecule has 0 radical (unpaired) electrons. The van der Waals surface area contributed by atoms with Crippen molar-refractivity contribution in [3.8, 4) is 11.8 Å². The minimum atomic E-state index is -3.62. The van der Waals surface area contributed by atoms with Crippen molar-refractivity contribution in [2.75, 3.05) is 30.3 Å². The van der Waals surface area contributed by atoms with Crippen LogP contribution in [0.4, 0.5) is 17.5 Å². The third-order valence-corrected chi connectivity index (χ3v) is 7.88. The fourth-order valence-electron chi connectivity index (χ4n) is 3.21. The Balaban J connectivity index is 1.47. The van der Waals surface area contributed by atoms with Gasteiger partial charge in [-0.3, -0.25) is 0 Å². The number of fused-ring (bicyclic) bond motifs is 4. The molecular weight excluding hydrogens is 488 g/mol. The summed E-state index contributed by atoms with van der Waals surface area (Å²) >= 11 is 0. The number of nitrogens with one attached hydrogen (secondary N) is 4. The molecule has 3 aromatic rings. The molecular formula is C23H24N6O4S2. The molecule has 0 atom stereocenters. The van der Waals surface area contributed by atoms with Crippen LogP contribution >= 0.6 is 0 Å². The first-order valence-electron chi connectivity index (χ1n) is 10.8. The Labute approximate surface area is 204 Å². The summed E-state index contributed by atoms with van der Waals surface area (Å²) in [6, 6.07) is 14.5. The van der Waals surface area contributed by atoms with Crippen LogP contribution < -0.4 is 20.1 Å². The third kappa shape index (κ3) is 6.55. The second kappa shape index (κ2) is 10.8. The van der Waals surface area contributed by atoms with Crippen molar-refractivity contribution in [2.24, 2.45) is 0 Å². The average Bonchev–Trinajstić information content (AvgIpc) is 2.85. The molecule has 182 valence electrons. The molecule has 12 heteroatoms. The molecule has 0 aliphatic carbocycles. The lowest BCUT2D eigenvalue weighted by Gasteiger charge is -2.10. The van der Waals surface area contributed by atoms with E-state index in [-0.39, 0.29) is 28.8 Å². The number of sulfonamides is 2. The van der Waals surface area contributed by atoms with Crippen LogP contribution in [0.2, 0.25) is 0 Å². The van der Waals surface area contributed by atoms with Gasteiger partial charge in [-0.2, -0.15) is 4.98 Å². The maximum Gasteiger partial charge on any atom is 0.240 e. The maximum atomic E-state index is 12.5. The van der Waals surface area contributed by atoms with Gasteiger partial charge in [0, 0.05) is 31.7 Å². The molecule has 0 spiro atoms. The van der Waals surface area contributed by atoms with Gasteiger partial charge >= 0.3 is 0 Å². The maximum absolute atomic E-state index is 12.5. The van der Waals surface area contributed by atoms with Gasteiger partial charge in [0.2, 0.25) is 26.0 Å². The summed E-state index contributed by atoms with van der Waals surface area (Å²) in [4.78, 5) is 9.13. The van der Waals surface area contributed by atoms with Gasteiger partial charge in [0.1, 0.15) is 5.82 Å². The summed E-state index contributed by atoms with van der Waals surface area (Å²) in [5.41, 5.74) is 1.08. The molecule has 10 nitrogen and oxygen atoms in total.